The van der Waals surface area contributed by atoms with Crippen LogP contribution in [0.25, 0.3) is 0 Å². The minimum atomic E-state index is -0.298. The summed E-state index contributed by atoms with van der Waals surface area (Å²) in [6, 6.07) is 0. The van der Waals surface area contributed by atoms with E-state index in [1.54, 1.807) is 6.08 Å². The topological polar surface area (TPSA) is 26.3 Å². The molecule has 1 unspecified atom stereocenters. The van der Waals surface area contributed by atoms with E-state index in [4.69, 9.17) is 4.74 Å². The maximum Gasteiger partial charge on any atom is 0.159 e. The SMILES string of the molecule is C=C/C(C)=C\C=C\C(C)(CC/C=C(\C)CC(=O)C=C(C)C)OCC. The molecule has 0 spiro atoms. The predicted molar refractivity (Wildman–Crippen MR) is 105 cm³/mol. The lowest BCUT2D eigenvalue weighted by molar-refractivity contribution is -0.114. The highest BCUT2D eigenvalue weighted by Gasteiger charge is 2.19. The summed E-state index contributed by atoms with van der Waals surface area (Å²) >= 11 is 0. The number of carbonyl (C=O) groups is 1. The van der Waals surface area contributed by atoms with Gasteiger partial charge in [-0.15, -0.1) is 0 Å². The molecule has 0 heterocycles. The minimum absolute atomic E-state index is 0.168. The smallest absolute Gasteiger partial charge is 0.159 e. The van der Waals surface area contributed by atoms with Crippen LogP contribution < -0.4 is 0 Å². The van der Waals surface area contributed by atoms with Crippen molar-refractivity contribution in [1.29, 1.82) is 0 Å². The normalized spacial score (nSPS) is 15.2. The summed E-state index contributed by atoms with van der Waals surface area (Å²) in [5.74, 6) is 0.168. The number of hydrogen-bond donors (Lipinski definition) is 0. The molecule has 0 N–H and O–H groups in total. The van der Waals surface area contributed by atoms with Gasteiger partial charge in [-0.3, -0.25) is 4.79 Å². The molecule has 24 heavy (non-hydrogen) atoms. The van der Waals surface area contributed by atoms with Crippen molar-refractivity contribution in [3.8, 4) is 0 Å². The number of carbonyl (C=O) groups excluding carboxylic acids is 1. The summed E-state index contributed by atoms with van der Waals surface area (Å²) in [6.45, 7) is 16.5. The Bertz CT molecular complexity index is 528. The second-order valence-corrected chi connectivity index (χ2v) is 6.67. The molecule has 0 aromatic heterocycles. The Hall–Kier alpha value is -1.67. The molecule has 0 rings (SSSR count). The van der Waals surface area contributed by atoms with Crippen LogP contribution in [0.4, 0.5) is 0 Å². The van der Waals surface area contributed by atoms with Crippen molar-refractivity contribution < 1.29 is 9.53 Å². The molecule has 0 radical (unpaired) electrons. The number of allylic oxidation sites excluding steroid dienone is 8. The first-order valence-corrected chi connectivity index (χ1v) is 8.68. The monoisotopic (exact) mass is 330 g/mol. The second kappa shape index (κ2) is 11.8. The zero-order valence-electron chi connectivity index (χ0n) is 16.3. The summed E-state index contributed by atoms with van der Waals surface area (Å²) in [5.41, 5.74) is 2.99. The van der Waals surface area contributed by atoms with Crippen LogP contribution in [-0.2, 0) is 9.53 Å². The van der Waals surface area contributed by atoms with Gasteiger partial charge in [0.25, 0.3) is 0 Å². The van der Waals surface area contributed by atoms with Crippen molar-refractivity contribution in [2.75, 3.05) is 6.61 Å². The van der Waals surface area contributed by atoms with Gasteiger partial charge in [0.15, 0.2) is 5.78 Å². The van der Waals surface area contributed by atoms with Crippen molar-refractivity contribution in [2.45, 2.75) is 66.4 Å². The van der Waals surface area contributed by atoms with Crippen molar-refractivity contribution in [1.82, 2.24) is 0 Å². The quantitative estimate of drug-likeness (QED) is 0.259. The fourth-order valence-corrected chi connectivity index (χ4v) is 2.33. The van der Waals surface area contributed by atoms with Crippen LogP contribution in [0.5, 0.6) is 0 Å². The molecule has 0 aliphatic carbocycles. The van der Waals surface area contributed by atoms with Crippen LogP contribution in [0.2, 0.25) is 0 Å². The maximum atomic E-state index is 11.8. The molecule has 0 aliphatic rings. The summed E-state index contributed by atoms with van der Waals surface area (Å²) in [6.07, 6.45) is 14.1. The minimum Gasteiger partial charge on any atom is -0.371 e. The average molecular weight is 331 g/mol. The van der Waals surface area contributed by atoms with E-state index >= 15 is 0 Å². The summed E-state index contributed by atoms with van der Waals surface area (Å²) in [4.78, 5) is 11.8. The van der Waals surface area contributed by atoms with Gasteiger partial charge in [-0.05, 0) is 60.5 Å². The van der Waals surface area contributed by atoms with Crippen LogP contribution in [0.1, 0.15) is 60.8 Å². The van der Waals surface area contributed by atoms with Gasteiger partial charge < -0.3 is 4.74 Å². The maximum absolute atomic E-state index is 11.8. The zero-order chi connectivity index (χ0) is 18.6. The highest BCUT2D eigenvalue weighted by Crippen LogP contribution is 2.21. The molecule has 0 aromatic rings. The first-order valence-electron chi connectivity index (χ1n) is 8.68. The third-order valence-corrected chi connectivity index (χ3v) is 3.64. The largest absolute Gasteiger partial charge is 0.371 e. The first-order chi connectivity index (χ1) is 11.2. The Morgan fingerprint density at radius 2 is 1.88 bits per heavy atom. The molecule has 0 amide bonds. The second-order valence-electron chi connectivity index (χ2n) is 6.67. The molecule has 134 valence electrons. The van der Waals surface area contributed by atoms with Gasteiger partial charge in [-0.25, -0.2) is 0 Å². The van der Waals surface area contributed by atoms with Crippen LogP contribution in [-0.4, -0.2) is 18.0 Å². The molecule has 0 fully saturated rings. The number of ketones is 1. The third-order valence-electron chi connectivity index (χ3n) is 3.64. The number of ether oxygens (including phenoxy) is 1. The highest BCUT2D eigenvalue weighted by atomic mass is 16.5. The molecule has 0 saturated carbocycles. The lowest BCUT2D eigenvalue weighted by atomic mass is 9.97. The van der Waals surface area contributed by atoms with E-state index in [1.807, 2.05) is 52.8 Å². The van der Waals surface area contributed by atoms with Gasteiger partial charge in [0.2, 0.25) is 0 Å². The van der Waals surface area contributed by atoms with Gasteiger partial charge in [-0.1, -0.05) is 53.7 Å². The number of rotatable bonds is 11. The summed E-state index contributed by atoms with van der Waals surface area (Å²) in [5, 5.41) is 0. The Labute approximate surface area is 148 Å². The molecule has 0 aliphatic heterocycles. The summed E-state index contributed by atoms with van der Waals surface area (Å²) < 4.78 is 5.91. The van der Waals surface area contributed by atoms with E-state index in [0.717, 1.165) is 29.6 Å². The van der Waals surface area contributed by atoms with E-state index in [0.29, 0.717) is 13.0 Å². The van der Waals surface area contributed by atoms with Gasteiger partial charge in [-0.2, -0.15) is 0 Å². The van der Waals surface area contributed by atoms with Gasteiger partial charge >= 0.3 is 0 Å². The molecule has 2 heteroatoms. The number of hydrogen-bond acceptors (Lipinski definition) is 2. The first kappa shape index (κ1) is 22.3. The molecule has 0 saturated heterocycles. The van der Waals surface area contributed by atoms with E-state index in [9.17, 15) is 4.79 Å². The van der Waals surface area contributed by atoms with Gasteiger partial charge in [0.05, 0.1) is 5.60 Å². The van der Waals surface area contributed by atoms with E-state index < -0.39 is 0 Å². The van der Waals surface area contributed by atoms with E-state index in [2.05, 4.69) is 25.7 Å². The van der Waals surface area contributed by atoms with Crippen LogP contribution in [0.3, 0.4) is 0 Å². The predicted octanol–water partition coefficient (Wildman–Crippen LogP) is 6.12. The fourth-order valence-electron chi connectivity index (χ4n) is 2.33. The van der Waals surface area contributed by atoms with E-state index in [1.165, 1.54) is 0 Å². The molecular formula is C22H34O2. The van der Waals surface area contributed by atoms with E-state index in [-0.39, 0.29) is 11.4 Å². The Morgan fingerprint density at radius 1 is 1.21 bits per heavy atom. The third kappa shape index (κ3) is 11.0. The van der Waals surface area contributed by atoms with Gasteiger partial charge in [0, 0.05) is 13.0 Å². The molecular weight excluding hydrogens is 296 g/mol. The Kier molecular flexibility index (Phi) is 11.0. The van der Waals surface area contributed by atoms with Crippen molar-refractivity contribution in [3.05, 3.63) is 59.8 Å². The Balaban J connectivity index is 4.73. The zero-order valence-corrected chi connectivity index (χ0v) is 16.3. The van der Waals surface area contributed by atoms with Crippen molar-refractivity contribution >= 4 is 5.78 Å². The Morgan fingerprint density at radius 3 is 2.42 bits per heavy atom. The summed E-state index contributed by atoms with van der Waals surface area (Å²) in [7, 11) is 0. The van der Waals surface area contributed by atoms with Crippen molar-refractivity contribution in [2.24, 2.45) is 0 Å². The standard InChI is InChI=1S/C22H34O2/c1-8-19(5)12-10-14-22(7,24-9-2)15-11-13-20(6)17-21(23)16-18(3)4/h8,10,12-14,16H,1,9,11,15,17H2,2-7H3/b14-10+,19-12-,20-13+. The lowest BCUT2D eigenvalue weighted by Crippen LogP contribution is -2.25. The van der Waals surface area contributed by atoms with Crippen LogP contribution in [0, 0.1) is 0 Å². The molecule has 2 nitrogen and oxygen atoms in total. The average Bonchev–Trinajstić information content (AvgIpc) is 2.46. The van der Waals surface area contributed by atoms with Crippen molar-refractivity contribution in [3.63, 3.8) is 0 Å². The molecule has 0 bridgehead atoms. The van der Waals surface area contributed by atoms with Crippen LogP contribution in [0.15, 0.2) is 59.8 Å². The highest BCUT2D eigenvalue weighted by molar-refractivity contribution is 5.91. The molecule has 1 atom stereocenters. The molecule has 0 aromatic carbocycles. The lowest BCUT2D eigenvalue weighted by Gasteiger charge is -2.25. The van der Waals surface area contributed by atoms with Gasteiger partial charge in [0.1, 0.15) is 0 Å². The van der Waals surface area contributed by atoms with Crippen LogP contribution >= 0.6 is 0 Å². The fraction of sp³-hybridized carbons (Fsp3) is 0.500.